The summed E-state index contributed by atoms with van der Waals surface area (Å²) in [6.07, 6.45) is 0. The number of aromatic nitrogens is 1. The number of methoxy groups -OCH3 is 1. The first-order chi connectivity index (χ1) is 11.7. The van der Waals surface area contributed by atoms with E-state index in [0.717, 1.165) is 5.75 Å². The fourth-order valence-electron chi connectivity index (χ4n) is 3.38. The average Bonchev–Trinajstić information content (AvgIpc) is 2.98. The van der Waals surface area contributed by atoms with Crippen LogP contribution in [0, 0.1) is 6.92 Å². The molecule has 1 unspecified atom stereocenters. The third kappa shape index (κ3) is 2.44. The molecule has 0 aliphatic carbocycles. The molecule has 1 N–H and O–H groups in total. The Hall–Kier alpha value is -2.74. The SMILES string of the molecule is COc1ccc(C(C)c2ccc3[nH]c4ccc(C)cc4c3c2)cc1. The molecule has 0 saturated carbocycles. The third-order valence-electron chi connectivity index (χ3n) is 4.89. The Bertz CT molecular complexity index is 1010. The quantitative estimate of drug-likeness (QED) is 0.508. The van der Waals surface area contributed by atoms with E-state index < -0.39 is 0 Å². The standard InChI is InChI=1S/C22H21NO/c1-14-4-10-21-19(12-14)20-13-17(7-11-22(20)23-21)15(2)16-5-8-18(24-3)9-6-16/h4-13,15,23H,1-3H3. The maximum atomic E-state index is 5.26. The summed E-state index contributed by atoms with van der Waals surface area (Å²) in [5, 5.41) is 2.60. The second-order valence-corrected chi connectivity index (χ2v) is 6.47. The summed E-state index contributed by atoms with van der Waals surface area (Å²) in [6, 6.07) is 21.7. The molecule has 1 heterocycles. The zero-order chi connectivity index (χ0) is 16.7. The first kappa shape index (κ1) is 14.8. The van der Waals surface area contributed by atoms with Gasteiger partial charge in [0.1, 0.15) is 5.75 Å². The molecule has 1 aromatic heterocycles. The predicted molar refractivity (Wildman–Crippen MR) is 101 cm³/mol. The lowest BCUT2D eigenvalue weighted by molar-refractivity contribution is 0.414. The molecule has 0 bridgehead atoms. The number of benzene rings is 3. The van der Waals surface area contributed by atoms with Crippen LogP contribution in [0.5, 0.6) is 5.75 Å². The van der Waals surface area contributed by atoms with Crippen LogP contribution < -0.4 is 4.74 Å². The summed E-state index contributed by atoms with van der Waals surface area (Å²) in [4.78, 5) is 3.51. The summed E-state index contributed by atoms with van der Waals surface area (Å²) in [6.45, 7) is 4.39. The van der Waals surface area contributed by atoms with E-state index in [2.05, 4.69) is 67.4 Å². The molecule has 2 nitrogen and oxygen atoms in total. The molecule has 24 heavy (non-hydrogen) atoms. The zero-order valence-corrected chi connectivity index (χ0v) is 14.3. The minimum absolute atomic E-state index is 0.343. The van der Waals surface area contributed by atoms with Gasteiger partial charge in [-0.05, 0) is 54.4 Å². The zero-order valence-electron chi connectivity index (χ0n) is 14.3. The lowest BCUT2D eigenvalue weighted by atomic mass is 9.92. The van der Waals surface area contributed by atoms with Gasteiger partial charge in [0.25, 0.3) is 0 Å². The first-order valence-corrected chi connectivity index (χ1v) is 8.31. The number of aromatic amines is 1. The van der Waals surface area contributed by atoms with Crippen LogP contribution in [-0.4, -0.2) is 12.1 Å². The highest BCUT2D eigenvalue weighted by molar-refractivity contribution is 6.07. The number of nitrogens with one attached hydrogen (secondary N) is 1. The number of H-pyrrole nitrogens is 1. The van der Waals surface area contributed by atoms with Crippen molar-refractivity contribution in [2.75, 3.05) is 7.11 Å². The molecule has 120 valence electrons. The highest BCUT2D eigenvalue weighted by Crippen LogP contribution is 2.32. The van der Waals surface area contributed by atoms with Crippen LogP contribution in [0.4, 0.5) is 0 Å². The van der Waals surface area contributed by atoms with Crippen LogP contribution in [0.15, 0.2) is 60.7 Å². The molecular weight excluding hydrogens is 294 g/mol. The van der Waals surface area contributed by atoms with Crippen molar-refractivity contribution in [2.45, 2.75) is 19.8 Å². The lowest BCUT2D eigenvalue weighted by Gasteiger charge is -2.13. The Morgan fingerprint density at radius 3 is 2.12 bits per heavy atom. The molecule has 4 aromatic rings. The number of fused-ring (bicyclic) bond motifs is 3. The molecular formula is C22H21NO. The van der Waals surface area contributed by atoms with E-state index in [1.807, 2.05) is 12.1 Å². The van der Waals surface area contributed by atoms with Gasteiger partial charge in [-0.1, -0.05) is 36.8 Å². The van der Waals surface area contributed by atoms with Crippen LogP contribution in [0.25, 0.3) is 21.8 Å². The largest absolute Gasteiger partial charge is 0.497 e. The van der Waals surface area contributed by atoms with E-state index in [4.69, 9.17) is 4.74 Å². The fraction of sp³-hybridized carbons (Fsp3) is 0.182. The fourth-order valence-corrected chi connectivity index (χ4v) is 3.38. The van der Waals surface area contributed by atoms with Crippen LogP contribution in [-0.2, 0) is 0 Å². The van der Waals surface area contributed by atoms with Crippen molar-refractivity contribution in [3.63, 3.8) is 0 Å². The number of ether oxygens (including phenoxy) is 1. The van der Waals surface area contributed by atoms with E-state index >= 15 is 0 Å². The van der Waals surface area contributed by atoms with Gasteiger partial charge in [-0.2, -0.15) is 0 Å². The van der Waals surface area contributed by atoms with Gasteiger partial charge in [0.05, 0.1) is 7.11 Å². The Morgan fingerprint density at radius 1 is 0.792 bits per heavy atom. The molecule has 0 spiro atoms. The molecule has 0 radical (unpaired) electrons. The van der Waals surface area contributed by atoms with E-state index in [9.17, 15) is 0 Å². The smallest absolute Gasteiger partial charge is 0.118 e. The van der Waals surface area contributed by atoms with Gasteiger partial charge in [-0.25, -0.2) is 0 Å². The van der Waals surface area contributed by atoms with Gasteiger partial charge in [0.2, 0.25) is 0 Å². The molecule has 1 atom stereocenters. The van der Waals surface area contributed by atoms with Crippen LogP contribution >= 0.6 is 0 Å². The average molecular weight is 315 g/mol. The molecule has 3 aromatic carbocycles. The number of rotatable bonds is 3. The van der Waals surface area contributed by atoms with Gasteiger partial charge in [-0.3, -0.25) is 0 Å². The predicted octanol–water partition coefficient (Wildman–Crippen LogP) is 5.79. The van der Waals surface area contributed by atoms with Gasteiger partial charge >= 0.3 is 0 Å². The Balaban J connectivity index is 1.80. The summed E-state index contributed by atoms with van der Waals surface area (Å²) in [5.41, 5.74) is 6.31. The van der Waals surface area contributed by atoms with Crippen molar-refractivity contribution in [3.8, 4) is 5.75 Å². The second-order valence-electron chi connectivity index (χ2n) is 6.47. The maximum Gasteiger partial charge on any atom is 0.118 e. The van der Waals surface area contributed by atoms with E-state index in [1.54, 1.807) is 7.11 Å². The normalized spacial score (nSPS) is 12.6. The number of hydrogen-bond acceptors (Lipinski definition) is 1. The summed E-state index contributed by atoms with van der Waals surface area (Å²) in [7, 11) is 1.70. The Morgan fingerprint density at radius 2 is 1.42 bits per heavy atom. The molecule has 0 aliphatic rings. The van der Waals surface area contributed by atoms with Crippen molar-refractivity contribution in [2.24, 2.45) is 0 Å². The number of hydrogen-bond donors (Lipinski definition) is 1. The minimum atomic E-state index is 0.343. The molecule has 0 saturated heterocycles. The molecule has 0 aliphatic heterocycles. The third-order valence-corrected chi connectivity index (χ3v) is 4.89. The van der Waals surface area contributed by atoms with Crippen molar-refractivity contribution in [3.05, 3.63) is 77.4 Å². The molecule has 2 heteroatoms. The minimum Gasteiger partial charge on any atom is -0.497 e. The first-order valence-electron chi connectivity index (χ1n) is 8.31. The maximum absolute atomic E-state index is 5.26. The highest BCUT2D eigenvalue weighted by atomic mass is 16.5. The monoisotopic (exact) mass is 315 g/mol. The van der Waals surface area contributed by atoms with E-state index in [0.29, 0.717) is 5.92 Å². The van der Waals surface area contributed by atoms with Gasteiger partial charge in [0, 0.05) is 27.7 Å². The van der Waals surface area contributed by atoms with Gasteiger partial charge < -0.3 is 9.72 Å². The summed E-state index contributed by atoms with van der Waals surface area (Å²) >= 11 is 0. The lowest BCUT2D eigenvalue weighted by Crippen LogP contribution is -1.96. The van der Waals surface area contributed by atoms with Crippen molar-refractivity contribution < 1.29 is 4.74 Å². The van der Waals surface area contributed by atoms with Gasteiger partial charge in [0.15, 0.2) is 0 Å². The van der Waals surface area contributed by atoms with Crippen LogP contribution in [0.3, 0.4) is 0 Å². The van der Waals surface area contributed by atoms with Crippen molar-refractivity contribution >= 4 is 21.8 Å². The van der Waals surface area contributed by atoms with Crippen molar-refractivity contribution in [1.29, 1.82) is 0 Å². The van der Waals surface area contributed by atoms with Crippen molar-refractivity contribution in [1.82, 2.24) is 4.98 Å². The van der Waals surface area contributed by atoms with Crippen LogP contribution in [0.2, 0.25) is 0 Å². The van der Waals surface area contributed by atoms with Crippen LogP contribution in [0.1, 0.15) is 29.5 Å². The topological polar surface area (TPSA) is 25.0 Å². The summed E-state index contributed by atoms with van der Waals surface area (Å²) < 4.78 is 5.26. The highest BCUT2D eigenvalue weighted by Gasteiger charge is 2.11. The molecule has 4 rings (SSSR count). The summed E-state index contributed by atoms with van der Waals surface area (Å²) in [5.74, 6) is 1.24. The van der Waals surface area contributed by atoms with E-state index in [-0.39, 0.29) is 0 Å². The molecule has 0 fully saturated rings. The molecule has 0 amide bonds. The Kier molecular flexibility index (Phi) is 3.53. The van der Waals surface area contributed by atoms with E-state index in [1.165, 1.54) is 38.5 Å². The second kappa shape index (κ2) is 5.72. The van der Waals surface area contributed by atoms with Gasteiger partial charge in [-0.15, -0.1) is 0 Å². The Labute approximate surface area is 142 Å². The number of aryl methyl sites for hydroxylation is 1.